The molecule has 0 amide bonds. The van der Waals surface area contributed by atoms with Gasteiger partial charge in [0.25, 0.3) is 0 Å². The Labute approximate surface area is 118 Å². The summed E-state index contributed by atoms with van der Waals surface area (Å²) in [7, 11) is 0. The molecule has 4 heteroatoms. The van der Waals surface area contributed by atoms with Crippen LogP contribution in [-0.2, 0) is 0 Å². The lowest BCUT2D eigenvalue weighted by molar-refractivity contribution is 0.288. The standard InChI is InChI=1S/C15H15NO2S/c1-11(15(16)19)17-13-7-9-14(10-8-13)18-12-5-3-2-4-6-12/h2-11H,1H3,(H2,16,19). The average Bonchev–Trinajstić information content (AvgIpc) is 2.42. The fraction of sp³-hybridized carbons (Fsp3) is 0.133. The molecular formula is C15H15NO2S. The Hall–Kier alpha value is -2.07. The second-order valence-electron chi connectivity index (χ2n) is 4.05. The Morgan fingerprint density at radius 2 is 1.47 bits per heavy atom. The first kappa shape index (κ1) is 13.4. The summed E-state index contributed by atoms with van der Waals surface area (Å²) in [4.78, 5) is 0.338. The van der Waals surface area contributed by atoms with E-state index < -0.39 is 0 Å². The van der Waals surface area contributed by atoms with Crippen LogP contribution in [0.2, 0.25) is 0 Å². The van der Waals surface area contributed by atoms with Gasteiger partial charge >= 0.3 is 0 Å². The number of rotatable bonds is 5. The summed E-state index contributed by atoms with van der Waals surface area (Å²) in [6.07, 6.45) is -0.282. The van der Waals surface area contributed by atoms with Gasteiger partial charge in [0.1, 0.15) is 28.3 Å². The Balaban J connectivity index is 2.01. The first-order valence-corrected chi connectivity index (χ1v) is 6.35. The zero-order valence-electron chi connectivity index (χ0n) is 10.6. The van der Waals surface area contributed by atoms with E-state index in [0.29, 0.717) is 10.7 Å². The molecule has 0 aliphatic rings. The molecule has 0 aliphatic heterocycles. The summed E-state index contributed by atoms with van der Waals surface area (Å²) in [5.74, 6) is 2.26. The van der Waals surface area contributed by atoms with Gasteiger partial charge in [-0.1, -0.05) is 30.4 Å². The van der Waals surface area contributed by atoms with Crippen LogP contribution in [0, 0.1) is 0 Å². The van der Waals surface area contributed by atoms with Gasteiger partial charge in [0.15, 0.2) is 0 Å². The Kier molecular flexibility index (Phi) is 4.36. The van der Waals surface area contributed by atoms with Gasteiger partial charge < -0.3 is 15.2 Å². The van der Waals surface area contributed by atoms with Crippen molar-refractivity contribution in [3.05, 3.63) is 54.6 Å². The molecule has 2 N–H and O–H groups in total. The van der Waals surface area contributed by atoms with Crippen LogP contribution < -0.4 is 15.2 Å². The molecule has 0 aliphatic carbocycles. The predicted molar refractivity (Wildman–Crippen MR) is 79.8 cm³/mol. The third-order valence-corrected chi connectivity index (χ3v) is 2.85. The highest BCUT2D eigenvalue weighted by molar-refractivity contribution is 7.80. The van der Waals surface area contributed by atoms with Gasteiger partial charge in [0, 0.05) is 0 Å². The minimum atomic E-state index is -0.282. The van der Waals surface area contributed by atoms with E-state index >= 15 is 0 Å². The summed E-state index contributed by atoms with van der Waals surface area (Å²) >= 11 is 4.86. The molecule has 3 nitrogen and oxygen atoms in total. The summed E-state index contributed by atoms with van der Waals surface area (Å²) in [5, 5.41) is 0. The molecule has 0 aromatic heterocycles. The van der Waals surface area contributed by atoms with Crippen LogP contribution in [-0.4, -0.2) is 11.1 Å². The van der Waals surface area contributed by atoms with Crippen molar-refractivity contribution in [3.8, 4) is 17.2 Å². The maximum absolute atomic E-state index is 5.68. The average molecular weight is 273 g/mol. The maximum Gasteiger partial charge on any atom is 0.145 e. The van der Waals surface area contributed by atoms with Crippen LogP contribution in [0.4, 0.5) is 0 Å². The molecule has 1 atom stereocenters. The van der Waals surface area contributed by atoms with Gasteiger partial charge in [0.05, 0.1) is 0 Å². The number of hydrogen-bond acceptors (Lipinski definition) is 3. The molecule has 0 saturated carbocycles. The second-order valence-corrected chi connectivity index (χ2v) is 4.52. The Morgan fingerprint density at radius 1 is 0.947 bits per heavy atom. The molecule has 0 bridgehead atoms. The van der Waals surface area contributed by atoms with E-state index in [2.05, 4.69) is 0 Å². The van der Waals surface area contributed by atoms with Crippen LogP contribution >= 0.6 is 12.2 Å². The molecule has 0 saturated heterocycles. The largest absolute Gasteiger partial charge is 0.484 e. The lowest BCUT2D eigenvalue weighted by Crippen LogP contribution is -2.28. The quantitative estimate of drug-likeness (QED) is 0.846. The van der Waals surface area contributed by atoms with Crippen molar-refractivity contribution in [2.75, 3.05) is 0 Å². The molecule has 2 rings (SSSR count). The molecule has 0 fully saturated rings. The fourth-order valence-corrected chi connectivity index (χ4v) is 1.52. The molecule has 0 spiro atoms. The second kappa shape index (κ2) is 6.20. The highest BCUT2D eigenvalue weighted by Gasteiger charge is 2.06. The highest BCUT2D eigenvalue weighted by Crippen LogP contribution is 2.23. The SMILES string of the molecule is CC(Oc1ccc(Oc2ccccc2)cc1)C(N)=S. The van der Waals surface area contributed by atoms with E-state index in [1.54, 1.807) is 0 Å². The molecule has 0 heterocycles. The number of benzene rings is 2. The van der Waals surface area contributed by atoms with E-state index in [-0.39, 0.29) is 6.10 Å². The lowest BCUT2D eigenvalue weighted by Gasteiger charge is -2.13. The summed E-state index contributed by atoms with van der Waals surface area (Å²) < 4.78 is 11.2. The van der Waals surface area contributed by atoms with Crippen LogP contribution in [0.1, 0.15) is 6.92 Å². The molecule has 19 heavy (non-hydrogen) atoms. The first-order chi connectivity index (χ1) is 9.15. The monoisotopic (exact) mass is 273 g/mol. The summed E-state index contributed by atoms with van der Waals surface area (Å²) in [6.45, 7) is 1.82. The predicted octanol–water partition coefficient (Wildman–Crippen LogP) is 3.53. The Morgan fingerprint density at radius 3 is 2.05 bits per heavy atom. The van der Waals surface area contributed by atoms with Gasteiger partial charge in [-0.15, -0.1) is 0 Å². The smallest absolute Gasteiger partial charge is 0.145 e. The zero-order valence-corrected chi connectivity index (χ0v) is 11.4. The van der Waals surface area contributed by atoms with Gasteiger partial charge in [-0.05, 0) is 43.3 Å². The number of hydrogen-bond donors (Lipinski definition) is 1. The molecule has 1 unspecified atom stereocenters. The normalized spacial score (nSPS) is 11.6. The number of thiocarbonyl (C=S) groups is 1. The van der Waals surface area contributed by atoms with E-state index in [9.17, 15) is 0 Å². The van der Waals surface area contributed by atoms with E-state index in [1.165, 1.54) is 0 Å². The van der Waals surface area contributed by atoms with E-state index in [4.69, 9.17) is 27.4 Å². The third kappa shape index (κ3) is 3.96. The number of nitrogens with two attached hydrogens (primary N) is 1. The summed E-state index contributed by atoms with van der Waals surface area (Å²) in [6, 6.07) is 16.9. The minimum absolute atomic E-state index is 0.282. The van der Waals surface area contributed by atoms with Crippen molar-refractivity contribution in [1.82, 2.24) is 0 Å². The minimum Gasteiger partial charge on any atom is -0.484 e. The van der Waals surface area contributed by atoms with Crippen molar-refractivity contribution >= 4 is 17.2 Å². The van der Waals surface area contributed by atoms with Gasteiger partial charge in [-0.25, -0.2) is 0 Å². The zero-order chi connectivity index (χ0) is 13.7. The number of ether oxygens (including phenoxy) is 2. The fourth-order valence-electron chi connectivity index (χ4n) is 1.47. The van der Waals surface area contributed by atoms with Crippen molar-refractivity contribution in [1.29, 1.82) is 0 Å². The topological polar surface area (TPSA) is 44.5 Å². The molecule has 98 valence electrons. The van der Waals surface area contributed by atoms with Gasteiger partial charge in [-0.3, -0.25) is 0 Å². The molecule has 2 aromatic rings. The van der Waals surface area contributed by atoms with Crippen molar-refractivity contribution in [2.24, 2.45) is 5.73 Å². The van der Waals surface area contributed by atoms with Crippen LogP contribution in [0.3, 0.4) is 0 Å². The van der Waals surface area contributed by atoms with E-state index in [0.717, 1.165) is 11.5 Å². The van der Waals surface area contributed by atoms with Crippen molar-refractivity contribution in [3.63, 3.8) is 0 Å². The van der Waals surface area contributed by atoms with Crippen LogP contribution in [0.5, 0.6) is 17.2 Å². The van der Waals surface area contributed by atoms with Gasteiger partial charge in [-0.2, -0.15) is 0 Å². The molecule has 2 aromatic carbocycles. The third-order valence-electron chi connectivity index (χ3n) is 2.52. The van der Waals surface area contributed by atoms with Gasteiger partial charge in [0.2, 0.25) is 0 Å². The van der Waals surface area contributed by atoms with Crippen LogP contribution in [0.25, 0.3) is 0 Å². The Bertz CT molecular complexity index is 540. The lowest BCUT2D eigenvalue weighted by atomic mass is 10.3. The van der Waals surface area contributed by atoms with Crippen LogP contribution in [0.15, 0.2) is 54.6 Å². The molecule has 0 radical (unpaired) electrons. The summed E-state index contributed by atoms with van der Waals surface area (Å²) in [5.41, 5.74) is 5.50. The first-order valence-electron chi connectivity index (χ1n) is 5.94. The van der Waals surface area contributed by atoms with Crippen molar-refractivity contribution < 1.29 is 9.47 Å². The highest BCUT2D eigenvalue weighted by atomic mass is 32.1. The molecular weight excluding hydrogens is 258 g/mol. The van der Waals surface area contributed by atoms with E-state index in [1.807, 2.05) is 61.5 Å². The number of para-hydroxylation sites is 1. The maximum atomic E-state index is 5.68. The van der Waals surface area contributed by atoms with Crippen molar-refractivity contribution in [2.45, 2.75) is 13.0 Å².